The van der Waals surface area contributed by atoms with E-state index < -0.39 is 28.8 Å². The standard InChI is InChI=1S/C13H6BrF3O/c14-12-8(2-1-3-11(12)17)13(18)9-6-7(15)4-5-10(9)16/h1-6H. The Balaban J connectivity index is 2.55. The average Bonchev–Trinajstić information content (AvgIpc) is 2.35. The molecule has 0 unspecified atom stereocenters. The molecule has 0 fully saturated rings. The Morgan fingerprint density at radius 2 is 1.67 bits per heavy atom. The van der Waals surface area contributed by atoms with E-state index in [4.69, 9.17) is 0 Å². The monoisotopic (exact) mass is 314 g/mol. The van der Waals surface area contributed by atoms with Crippen molar-refractivity contribution in [1.29, 1.82) is 0 Å². The minimum atomic E-state index is -0.849. The number of carbonyl (C=O) groups excluding carboxylic acids is 1. The Hall–Kier alpha value is -1.62. The minimum absolute atomic E-state index is 0.0560. The molecule has 92 valence electrons. The smallest absolute Gasteiger partial charge is 0.197 e. The summed E-state index contributed by atoms with van der Waals surface area (Å²) in [7, 11) is 0. The van der Waals surface area contributed by atoms with Crippen LogP contribution in [0.15, 0.2) is 40.9 Å². The summed E-state index contributed by atoms with van der Waals surface area (Å²) in [6.07, 6.45) is 0. The highest BCUT2D eigenvalue weighted by atomic mass is 79.9. The Bertz CT molecular complexity index is 622. The van der Waals surface area contributed by atoms with Crippen LogP contribution in [0.25, 0.3) is 0 Å². The molecule has 5 heteroatoms. The molecule has 2 rings (SSSR count). The zero-order chi connectivity index (χ0) is 13.3. The van der Waals surface area contributed by atoms with Gasteiger partial charge in [0.1, 0.15) is 17.5 Å². The molecular formula is C13H6BrF3O. The Kier molecular flexibility index (Phi) is 3.52. The van der Waals surface area contributed by atoms with E-state index >= 15 is 0 Å². The Morgan fingerprint density at radius 3 is 2.39 bits per heavy atom. The summed E-state index contributed by atoms with van der Waals surface area (Å²) < 4.78 is 39.6. The third-order valence-electron chi connectivity index (χ3n) is 2.37. The van der Waals surface area contributed by atoms with Crippen molar-refractivity contribution in [2.24, 2.45) is 0 Å². The normalized spacial score (nSPS) is 10.4. The van der Waals surface area contributed by atoms with Gasteiger partial charge in [0, 0.05) is 5.56 Å². The third kappa shape index (κ3) is 2.31. The molecule has 0 atom stereocenters. The fraction of sp³-hybridized carbons (Fsp3) is 0. The molecule has 2 aromatic carbocycles. The quantitative estimate of drug-likeness (QED) is 0.763. The van der Waals surface area contributed by atoms with E-state index in [1.54, 1.807) is 0 Å². The largest absolute Gasteiger partial charge is 0.288 e. The van der Waals surface area contributed by atoms with Crippen LogP contribution in [-0.2, 0) is 0 Å². The molecular weight excluding hydrogens is 309 g/mol. The maximum absolute atomic E-state index is 13.4. The lowest BCUT2D eigenvalue weighted by Crippen LogP contribution is -2.06. The first kappa shape index (κ1) is 12.8. The summed E-state index contributed by atoms with van der Waals surface area (Å²) in [5, 5.41) is 0. The number of benzene rings is 2. The van der Waals surface area contributed by atoms with Crippen molar-refractivity contribution in [3.8, 4) is 0 Å². The number of ketones is 1. The van der Waals surface area contributed by atoms with Crippen molar-refractivity contribution >= 4 is 21.7 Å². The van der Waals surface area contributed by atoms with Gasteiger partial charge in [0.2, 0.25) is 0 Å². The molecule has 0 aliphatic heterocycles. The second-order valence-electron chi connectivity index (χ2n) is 3.55. The Morgan fingerprint density at radius 1 is 0.944 bits per heavy atom. The van der Waals surface area contributed by atoms with E-state index in [9.17, 15) is 18.0 Å². The first-order valence-electron chi connectivity index (χ1n) is 4.94. The van der Waals surface area contributed by atoms with Gasteiger partial charge in [-0.3, -0.25) is 4.79 Å². The molecule has 0 aliphatic rings. The van der Waals surface area contributed by atoms with Gasteiger partial charge >= 0.3 is 0 Å². The van der Waals surface area contributed by atoms with Gasteiger partial charge < -0.3 is 0 Å². The summed E-state index contributed by atoms with van der Waals surface area (Å²) in [6.45, 7) is 0. The molecule has 0 spiro atoms. The molecule has 0 radical (unpaired) electrons. The lowest BCUT2D eigenvalue weighted by Gasteiger charge is -2.05. The predicted molar refractivity (Wildman–Crippen MR) is 63.9 cm³/mol. The highest BCUT2D eigenvalue weighted by Gasteiger charge is 2.18. The maximum Gasteiger partial charge on any atom is 0.197 e. The first-order valence-corrected chi connectivity index (χ1v) is 5.74. The van der Waals surface area contributed by atoms with Crippen LogP contribution in [0.4, 0.5) is 13.2 Å². The molecule has 0 saturated heterocycles. The number of hydrogen-bond donors (Lipinski definition) is 0. The van der Waals surface area contributed by atoms with Crippen molar-refractivity contribution in [2.75, 3.05) is 0 Å². The molecule has 18 heavy (non-hydrogen) atoms. The molecule has 0 bridgehead atoms. The molecule has 1 nitrogen and oxygen atoms in total. The SMILES string of the molecule is O=C(c1cc(F)ccc1F)c1cccc(F)c1Br. The summed E-state index contributed by atoms with van der Waals surface area (Å²) in [5.74, 6) is -3.00. The van der Waals surface area contributed by atoms with Crippen LogP contribution in [0.5, 0.6) is 0 Å². The molecule has 0 amide bonds. The molecule has 0 heterocycles. The third-order valence-corrected chi connectivity index (χ3v) is 3.18. The van der Waals surface area contributed by atoms with E-state index in [0.29, 0.717) is 0 Å². The van der Waals surface area contributed by atoms with Crippen LogP contribution in [0.2, 0.25) is 0 Å². The van der Waals surface area contributed by atoms with Gasteiger partial charge in [0.05, 0.1) is 10.0 Å². The second-order valence-corrected chi connectivity index (χ2v) is 4.35. The number of rotatable bonds is 2. The molecule has 0 saturated carbocycles. The van der Waals surface area contributed by atoms with Gasteiger partial charge in [0.15, 0.2) is 5.78 Å². The minimum Gasteiger partial charge on any atom is -0.288 e. The molecule has 0 N–H and O–H groups in total. The van der Waals surface area contributed by atoms with Crippen LogP contribution >= 0.6 is 15.9 Å². The summed E-state index contributed by atoms with van der Waals surface area (Å²) in [4.78, 5) is 12.0. The number of hydrogen-bond acceptors (Lipinski definition) is 1. The van der Waals surface area contributed by atoms with E-state index in [0.717, 1.165) is 24.3 Å². The predicted octanol–water partition coefficient (Wildman–Crippen LogP) is 4.10. The van der Waals surface area contributed by atoms with Gasteiger partial charge in [-0.1, -0.05) is 6.07 Å². The van der Waals surface area contributed by atoms with Crippen LogP contribution < -0.4 is 0 Å². The maximum atomic E-state index is 13.4. The van der Waals surface area contributed by atoms with Gasteiger partial charge in [-0.2, -0.15) is 0 Å². The van der Waals surface area contributed by atoms with Crippen molar-refractivity contribution in [2.45, 2.75) is 0 Å². The topological polar surface area (TPSA) is 17.1 Å². The fourth-order valence-electron chi connectivity index (χ4n) is 1.50. The average molecular weight is 315 g/mol. The van der Waals surface area contributed by atoms with E-state index in [1.165, 1.54) is 12.1 Å². The zero-order valence-electron chi connectivity index (χ0n) is 8.88. The lowest BCUT2D eigenvalue weighted by atomic mass is 10.0. The molecule has 0 aromatic heterocycles. The molecule has 0 aliphatic carbocycles. The van der Waals surface area contributed by atoms with Gasteiger partial charge in [-0.25, -0.2) is 13.2 Å². The number of halogens is 4. The summed E-state index contributed by atoms with van der Waals surface area (Å²) in [5.41, 5.74) is -0.485. The van der Waals surface area contributed by atoms with E-state index in [1.807, 2.05) is 0 Å². The van der Waals surface area contributed by atoms with Crippen LogP contribution in [0.3, 0.4) is 0 Å². The Labute approximate surface area is 109 Å². The van der Waals surface area contributed by atoms with Crippen molar-refractivity contribution in [1.82, 2.24) is 0 Å². The van der Waals surface area contributed by atoms with Crippen molar-refractivity contribution in [3.05, 3.63) is 69.4 Å². The zero-order valence-corrected chi connectivity index (χ0v) is 10.5. The molecule has 2 aromatic rings. The van der Waals surface area contributed by atoms with Crippen LogP contribution in [0, 0.1) is 17.5 Å². The summed E-state index contributed by atoms with van der Waals surface area (Å²) >= 11 is 2.91. The number of carbonyl (C=O) groups is 1. The highest BCUT2D eigenvalue weighted by Crippen LogP contribution is 2.24. The van der Waals surface area contributed by atoms with E-state index in [2.05, 4.69) is 15.9 Å². The highest BCUT2D eigenvalue weighted by molar-refractivity contribution is 9.10. The van der Waals surface area contributed by atoms with E-state index in [-0.39, 0.29) is 10.0 Å². The van der Waals surface area contributed by atoms with Crippen molar-refractivity contribution < 1.29 is 18.0 Å². The van der Waals surface area contributed by atoms with Crippen molar-refractivity contribution in [3.63, 3.8) is 0 Å². The summed E-state index contributed by atoms with van der Waals surface area (Å²) in [6, 6.07) is 6.37. The fourth-order valence-corrected chi connectivity index (χ4v) is 1.94. The second kappa shape index (κ2) is 4.94. The van der Waals surface area contributed by atoms with Crippen LogP contribution in [0.1, 0.15) is 15.9 Å². The first-order chi connectivity index (χ1) is 8.50. The lowest BCUT2D eigenvalue weighted by molar-refractivity contribution is 0.103. The van der Waals surface area contributed by atoms with Gasteiger partial charge in [-0.15, -0.1) is 0 Å². The van der Waals surface area contributed by atoms with Gasteiger partial charge in [-0.05, 0) is 46.3 Å². The van der Waals surface area contributed by atoms with Gasteiger partial charge in [0.25, 0.3) is 0 Å². The van der Waals surface area contributed by atoms with Crippen LogP contribution in [-0.4, -0.2) is 5.78 Å².